The Morgan fingerprint density at radius 1 is 1.18 bits per heavy atom. The van der Waals surface area contributed by atoms with Gasteiger partial charge in [0.05, 0.1) is 11.7 Å². The summed E-state index contributed by atoms with van der Waals surface area (Å²) in [5.41, 5.74) is -0.904. The van der Waals surface area contributed by atoms with Crippen LogP contribution in [0.3, 0.4) is 0 Å². The van der Waals surface area contributed by atoms with Crippen molar-refractivity contribution in [2.24, 2.45) is 5.41 Å². The van der Waals surface area contributed by atoms with Crippen LogP contribution in [0.25, 0.3) is 0 Å². The molecule has 0 radical (unpaired) electrons. The van der Waals surface area contributed by atoms with E-state index >= 15 is 0 Å². The SMILES string of the molecule is CC(O)C(C)(O)CC(C)(C)C. The van der Waals surface area contributed by atoms with Crippen molar-refractivity contribution in [3.63, 3.8) is 0 Å². The molecule has 0 saturated heterocycles. The highest BCUT2D eigenvalue weighted by Gasteiger charge is 2.31. The molecule has 0 fully saturated rings. The molecule has 0 heterocycles. The average Bonchev–Trinajstić information content (AvgIpc) is 1.56. The van der Waals surface area contributed by atoms with E-state index < -0.39 is 11.7 Å². The first-order chi connectivity index (χ1) is 4.65. The van der Waals surface area contributed by atoms with E-state index in [9.17, 15) is 10.2 Å². The van der Waals surface area contributed by atoms with Crippen molar-refractivity contribution < 1.29 is 10.2 Å². The van der Waals surface area contributed by atoms with Crippen LogP contribution in [0.2, 0.25) is 0 Å². The molecule has 2 atom stereocenters. The van der Waals surface area contributed by atoms with Gasteiger partial charge < -0.3 is 10.2 Å². The van der Waals surface area contributed by atoms with E-state index in [1.54, 1.807) is 13.8 Å². The van der Waals surface area contributed by atoms with E-state index in [2.05, 4.69) is 0 Å². The highest BCUT2D eigenvalue weighted by atomic mass is 16.3. The second-order valence-electron chi connectivity index (χ2n) is 4.77. The third-order valence-electron chi connectivity index (χ3n) is 1.79. The fourth-order valence-electron chi connectivity index (χ4n) is 1.22. The van der Waals surface area contributed by atoms with Gasteiger partial charge in [-0.3, -0.25) is 0 Å². The van der Waals surface area contributed by atoms with Gasteiger partial charge in [0.25, 0.3) is 0 Å². The predicted molar refractivity (Wildman–Crippen MR) is 46.4 cm³/mol. The minimum absolute atomic E-state index is 0.0560. The Balaban J connectivity index is 4.13. The minimum Gasteiger partial charge on any atom is -0.390 e. The maximum atomic E-state index is 9.68. The molecule has 0 bridgehead atoms. The summed E-state index contributed by atoms with van der Waals surface area (Å²) in [6.07, 6.45) is -0.0563. The molecule has 0 aliphatic heterocycles. The molecule has 2 N–H and O–H groups in total. The zero-order valence-electron chi connectivity index (χ0n) is 8.18. The molecular weight excluding hydrogens is 140 g/mol. The van der Waals surface area contributed by atoms with Gasteiger partial charge in [-0.25, -0.2) is 0 Å². The summed E-state index contributed by atoms with van der Waals surface area (Å²) in [7, 11) is 0. The Hall–Kier alpha value is -0.0800. The maximum absolute atomic E-state index is 9.68. The van der Waals surface area contributed by atoms with Crippen LogP contribution in [0, 0.1) is 5.41 Å². The summed E-state index contributed by atoms with van der Waals surface area (Å²) in [5, 5.41) is 18.9. The van der Waals surface area contributed by atoms with Gasteiger partial charge in [0.2, 0.25) is 0 Å². The van der Waals surface area contributed by atoms with Crippen LogP contribution in [-0.2, 0) is 0 Å². The molecule has 0 aliphatic rings. The van der Waals surface area contributed by atoms with Crippen LogP contribution >= 0.6 is 0 Å². The van der Waals surface area contributed by atoms with Crippen molar-refractivity contribution in [2.45, 2.75) is 52.7 Å². The zero-order chi connectivity index (χ0) is 9.28. The molecule has 11 heavy (non-hydrogen) atoms. The lowest BCUT2D eigenvalue weighted by Gasteiger charge is -2.33. The van der Waals surface area contributed by atoms with Crippen molar-refractivity contribution in [2.75, 3.05) is 0 Å². The molecule has 0 aliphatic carbocycles. The third-order valence-corrected chi connectivity index (χ3v) is 1.79. The van der Waals surface area contributed by atoms with E-state index in [0.29, 0.717) is 6.42 Å². The molecule has 68 valence electrons. The predicted octanol–water partition coefficient (Wildman–Crippen LogP) is 1.55. The number of hydrogen-bond donors (Lipinski definition) is 2. The minimum atomic E-state index is -0.960. The number of aliphatic hydroxyl groups excluding tert-OH is 1. The molecule has 2 nitrogen and oxygen atoms in total. The first kappa shape index (κ1) is 10.9. The Bertz CT molecular complexity index is 120. The standard InChI is InChI=1S/C9H20O2/c1-7(10)9(5,11)6-8(2,3)4/h7,10-11H,6H2,1-5H3. The first-order valence-electron chi connectivity index (χ1n) is 4.05. The summed E-state index contributed by atoms with van der Waals surface area (Å²) in [4.78, 5) is 0. The van der Waals surface area contributed by atoms with E-state index in [0.717, 1.165) is 0 Å². The van der Waals surface area contributed by atoms with Crippen LogP contribution < -0.4 is 0 Å². The highest BCUT2D eigenvalue weighted by Crippen LogP contribution is 2.28. The molecule has 0 spiro atoms. The van der Waals surface area contributed by atoms with Crippen molar-refractivity contribution in [1.29, 1.82) is 0 Å². The summed E-state index contributed by atoms with van der Waals surface area (Å²) in [6, 6.07) is 0. The van der Waals surface area contributed by atoms with E-state index in [1.165, 1.54) is 0 Å². The van der Waals surface area contributed by atoms with Gasteiger partial charge in [0.15, 0.2) is 0 Å². The quantitative estimate of drug-likeness (QED) is 0.643. The number of rotatable bonds is 2. The van der Waals surface area contributed by atoms with Crippen molar-refractivity contribution in [3.05, 3.63) is 0 Å². The molecule has 2 unspecified atom stereocenters. The Kier molecular flexibility index (Phi) is 3.09. The highest BCUT2D eigenvalue weighted by molar-refractivity contribution is 4.83. The fourth-order valence-corrected chi connectivity index (χ4v) is 1.22. The molecule has 0 aromatic heterocycles. The number of hydrogen-bond acceptors (Lipinski definition) is 2. The first-order valence-corrected chi connectivity index (χ1v) is 4.05. The number of aliphatic hydroxyl groups is 2. The summed E-state index contributed by atoms with van der Waals surface area (Å²) < 4.78 is 0. The molecule has 0 aromatic rings. The molecule has 0 aromatic carbocycles. The summed E-state index contributed by atoms with van der Waals surface area (Å²) in [6.45, 7) is 9.42. The van der Waals surface area contributed by atoms with Gasteiger partial charge >= 0.3 is 0 Å². The van der Waals surface area contributed by atoms with E-state index in [-0.39, 0.29) is 5.41 Å². The van der Waals surface area contributed by atoms with Gasteiger partial charge in [-0.15, -0.1) is 0 Å². The second-order valence-corrected chi connectivity index (χ2v) is 4.77. The molecule has 0 rings (SSSR count). The fraction of sp³-hybridized carbons (Fsp3) is 1.00. The van der Waals surface area contributed by atoms with Gasteiger partial charge in [-0.1, -0.05) is 20.8 Å². The summed E-state index contributed by atoms with van der Waals surface area (Å²) >= 11 is 0. The lowest BCUT2D eigenvalue weighted by molar-refractivity contribution is -0.0753. The average molecular weight is 160 g/mol. The van der Waals surface area contributed by atoms with Gasteiger partial charge in [0.1, 0.15) is 0 Å². The lowest BCUT2D eigenvalue weighted by atomic mass is 9.80. The zero-order valence-corrected chi connectivity index (χ0v) is 8.18. The van der Waals surface area contributed by atoms with Crippen LogP contribution in [0.15, 0.2) is 0 Å². The van der Waals surface area contributed by atoms with Gasteiger partial charge in [0, 0.05) is 0 Å². The molecule has 0 saturated carbocycles. The monoisotopic (exact) mass is 160 g/mol. The van der Waals surface area contributed by atoms with Crippen LogP contribution in [-0.4, -0.2) is 21.9 Å². The summed E-state index contributed by atoms with van der Waals surface area (Å²) in [5.74, 6) is 0. The molecular formula is C9H20O2. The van der Waals surface area contributed by atoms with Crippen molar-refractivity contribution >= 4 is 0 Å². The maximum Gasteiger partial charge on any atom is 0.0879 e. The van der Waals surface area contributed by atoms with Crippen molar-refractivity contribution in [3.8, 4) is 0 Å². The third kappa shape index (κ3) is 4.38. The lowest BCUT2D eigenvalue weighted by Crippen LogP contribution is -2.40. The van der Waals surface area contributed by atoms with Crippen LogP contribution in [0.1, 0.15) is 41.0 Å². The van der Waals surface area contributed by atoms with Crippen LogP contribution in [0.4, 0.5) is 0 Å². The second kappa shape index (κ2) is 3.11. The van der Waals surface area contributed by atoms with Gasteiger partial charge in [-0.05, 0) is 25.7 Å². The molecule has 0 amide bonds. The topological polar surface area (TPSA) is 40.5 Å². The Morgan fingerprint density at radius 2 is 1.55 bits per heavy atom. The smallest absolute Gasteiger partial charge is 0.0879 e. The van der Waals surface area contributed by atoms with E-state index in [4.69, 9.17) is 0 Å². The van der Waals surface area contributed by atoms with Crippen LogP contribution in [0.5, 0.6) is 0 Å². The Labute approximate surface area is 69.2 Å². The molecule has 2 heteroatoms. The Morgan fingerprint density at radius 3 is 1.64 bits per heavy atom. The normalized spacial score (nSPS) is 21.0. The van der Waals surface area contributed by atoms with Gasteiger partial charge in [-0.2, -0.15) is 0 Å². The van der Waals surface area contributed by atoms with Crippen molar-refractivity contribution in [1.82, 2.24) is 0 Å². The largest absolute Gasteiger partial charge is 0.390 e. The van der Waals surface area contributed by atoms with E-state index in [1.807, 2.05) is 20.8 Å².